The van der Waals surface area contributed by atoms with Crippen LogP contribution in [0.4, 0.5) is 10.1 Å². The third-order valence-electron chi connectivity index (χ3n) is 10.6. The topological polar surface area (TPSA) is 70.5 Å². The van der Waals surface area contributed by atoms with Gasteiger partial charge in [-0.2, -0.15) is 0 Å². The lowest BCUT2D eigenvalue weighted by Gasteiger charge is -2.40. The minimum atomic E-state index is -1.18. The number of aryl methyl sites for hydroxylation is 1. The lowest BCUT2D eigenvalue weighted by Crippen LogP contribution is -2.53. The van der Waals surface area contributed by atoms with E-state index in [9.17, 15) is 9.59 Å². The summed E-state index contributed by atoms with van der Waals surface area (Å²) in [7, 11) is 4.01. The molecule has 7 nitrogen and oxygen atoms in total. The van der Waals surface area contributed by atoms with E-state index in [0.717, 1.165) is 61.2 Å². The number of anilines is 1. The van der Waals surface area contributed by atoms with Crippen molar-refractivity contribution in [3.8, 4) is 0 Å². The first-order chi connectivity index (χ1) is 22.2. The standard InChI is InChI=1S/C36H36Cl2FN5O2.CH4/c1-42(2)15-4-7-30(45)21-10-13-28-27(17-21)40-34-31-29(14-16-43(28)34)44(19-20-8-9-20)36(32(31)23-5-3-6-25(38)33(23)39)24-12-11-22(37)18-26(24)41-35(36)46;/h3,5-6,10-13,17-18,20,29,31-32H,4,7-9,14-16,19H2,1-2H3,(H,41,46);1H4/t29-,31+,32-,36+;/m0./s1. The Hall–Kier alpha value is -3.30. The molecule has 246 valence electrons. The van der Waals surface area contributed by atoms with E-state index in [0.29, 0.717) is 40.7 Å². The normalized spacial score (nSPS) is 24.7. The van der Waals surface area contributed by atoms with Gasteiger partial charge in [-0.25, -0.2) is 9.37 Å². The highest BCUT2D eigenvalue weighted by molar-refractivity contribution is 6.31. The maximum absolute atomic E-state index is 16.3. The molecule has 1 aromatic heterocycles. The van der Waals surface area contributed by atoms with E-state index >= 15 is 4.39 Å². The monoisotopic (exact) mass is 675 g/mol. The predicted octanol–water partition coefficient (Wildman–Crippen LogP) is 7.86. The van der Waals surface area contributed by atoms with E-state index in [2.05, 4.69) is 19.7 Å². The number of nitrogens with one attached hydrogen (secondary N) is 1. The smallest absolute Gasteiger partial charge is 0.250 e. The van der Waals surface area contributed by atoms with Crippen molar-refractivity contribution in [3.63, 3.8) is 0 Å². The molecule has 1 spiro atoms. The zero-order valence-electron chi connectivity index (χ0n) is 25.9. The lowest BCUT2D eigenvalue weighted by atomic mass is 9.70. The third kappa shape index (κ3) is 5.02. The molecule has 4 aliphatic rings. The highest BCUT2D eigenvalue weighted by Crippen LogP contribution is 2.64. The fraction of sp³-hybridized carbons (Fsp3) is 0.432. The number of rotatable bonds is 8. The molecule has 1 amide bonds. The number of likely N-dealkylation sites (tertiary alicyclic amines) is 1. The van der Waals surface area contributed by atoms with E-state index in [4.69, 9.17) is 28.2 Å². The number of carbonyl (C=O) groups excluding carboxylic acids is 2. The Balaban J connectivity index is 0.00000351. The lowest BCUT2D eigenvalue weighted by molar-refractivity contribution is -0.128. The van der Waals surface area contributed by atoms with E-state index in [1.54, 1.807) is 24.3 Å². The summed E-state index contributed by atoms with van der Waals surface area (Å²) in [5, 5.41) is 3.70. The molecule has 3 aliphatic heterocycles. The van der Waals surface area contributed by atoms with E-state index < -0.39 is 17.3 Å². The Morgan fingerprint density at radius 1 is 1.11 bits per heavy atom. The van der Waals surface area contributed by atoms with Crippen LogP contribution < -0.4 is 5.32 Å². The molecule has 4 aromatic rings. The van der Waals surface area contributed by atoms with Crippen molar-refractivity contribution >= 4 is 51.6 Å². The first kappa shape index (κ1) is 32.3. The van der Waals surface area contributed by atoms with Crippen molar-refractivity contribution in [2.45, 2.75) is 69.5 Å². The SMILES string of the molecule is C.CN(C)CCCC(=O)c1ccc2c(c1)nc1n2CC[C@H]2[C@@H]1[C@H](c1cccc(Cl)c1F)[C@]1(C(=O)Nc3cc(Cl)ccc31)N2CC1CC1. The van der Waals surface area contributed by atoms with Crippen molar-refractivity contribution in [1.29, 1.82) is 0 Å². The summed E-state index contributed by atoms with van der Waals surface area (Å²) in [6.45, 7) is 2.29. The van der Waals surface area contributed by atoms with Gasteiger partial charge in [-0.05, 0) is 94.2 Å². The highest BCUT2D eigenvalue weighted by Gasteiger charge is 2.69. The van der Waals surface area contributed by atoms with Gasteiger partial charge in [0.1, 0.15) is 17.2 Å². The Morgan fingerprint density at radius 3 is 2.68 bits per heavy atom. The Bertz CT molecular complexity index is 1910. The van der Waals surface area contributed by atoms with Crippen molar-refractivity contribution in [1.82, 2.24) is 19.4 Å². The van der Waals surface area contributed by atoms with Gasteiger partial charge in [0.15, 0.2) is 5.78 Å². The van der Waals surface area contributed by atoms with Gasteiger partial charge in [0.2, 0.25) is 5.91 Å². The summed E-state index contributed by atoms with van der Waals surface area (Å²) in [5.41, 5.74) is 3.05. The summed E-state index contributed by atoms with van der Waals surface area (Å²) in [6, 6.07) is 16.4. The molecule has 0 bridgehead atoms. The number of amides is 1. The molecule has 3 aromatic carbocycles. The first-order valence-electron chi connectivity index (χ1n) is 16.2. The molecule has 0 unspecified atom stereocenters. The Morgan fingerprint density at radius 2 is 1.91 bits per heavy atom. The van der Waals surface area contributed by atoms with Gasteiger partial charge in [-0.15, -0.1) is 0 Å². The number of benzene rings is 3. The third-order valence-corrected chi connectivity index (χ3v) is 11.1. The number of halogens is 3. The van der Waals surface area contributed by atoms with Crippen molar-refractivity contribution in [3.05, 3.63) is 93.0 Å². The van der Waals surface area contributed by atoms with Crippen LogP contribution in [-0.2, 0) is 16.9 Å². The Kier molecular flexibility index (Phi) is 8.23. The summed E-state index contributed by atoms with van der Waals surface area (Å²) >= 11 is 12.9. The second-order valence-corrected chi connectivity index (χ2v) is 14.5. The molecule has 4 heterocycles. The van der Waals surface area contributed by atoms with Gasteiger partial charge < -0.3 is 14.8 Å². The summed E-state index contributed by atoms with van der Waals surface area (Å²) in [5.74, 6) is -0.195. The van der Waals surface area contributed by atoms with Gasteiger partial charge >= 0.3 is 0 Å². The number of fused-ring (bicyclic) bond motifs is 7. The molecule has 8 rings (SSSR count). The van der Waals surface area contributed by atoms with Crippen LogP contribution in [0.25, 0.3) is 11.0 Å². The molecular formula is C37H40Cl2FN5O2. The average Bonchev–Trinajstić information content (AvgIpc) is 3.61. The average molecular weight is 677 g/mol. The van der Waals surface area contributed by atoms with Crippen LogP contribution in [-0.4, -0.2) is 64.3 Å². The van der Waals surface area contributed by atoms with E-state index in [1.807, 2.05) is 44.4 Å². The van der Waals surface area contributed by atoms with Gasteiger partial charge in [-0.1, -0.05) is 48.8 Å². The quantitative estimate of drug-likeness (QED) is 0.193. The zero-order chi connectivity index (χ0) is 31.9. The van der Waals surface area contributed by atoms with Gasteiger partial charge in [0.05, 0.1) is 16.1 Å². The number of nitrogens with zero attached hydrogens (tertiary/aromatic N) is 4. The maximum Gasteiger partial charge on any atom is 0.250 e. The van der Waals surface area contributed by atoms with E-state index in [1.165, 1.54) is 0 Å². The minimum Gasteiger partial charge on any atom is -0.328 e. The molecule has 0 radical (unpaired) electrons. The van der Waals surface area contributed by atoms with Crippen LogP contribution in [0.1, 0.15) is 78.7 Å². The fourth-order valence-corrected chi connectivity index (χ4v) is 8.82. The van der Waals surface area contributed by atoms with Crippen LogP contribution in [0.5, 0.6) is 0 Å². The number of hydrogen-bond donors (Lipinski definition) is 1. The van der Waals surface area contributed by atoms with Gasteiger partial charge in [0.25, 0.3) is 0 Å². The number of ketones is 1. The summed E-state index contributed by atoms with van der Waals surface area (Å²) in [6.07, 6.45) is 4.25. The number of Topliss-reactive ketones (excluding diaryl/α,β-unsaturated/α-hetero) is 1. The van der Waals surface area contributed by atoms with E-state index in [-0.39, 0.29) is 36.1 Å². The van der Waals surface area contributed by atoms with Crippen molar-refractivity contribution in [2.24, 2.45) is 5.92 Å². The van der Waals surface area contributed by atoms with Gasteiger partial charge in [0, 0.05) is 59.2 Å². The number of hydrogen-bond acceptors (Lipinski definition) is 5. The fourth-order valence-electron chi connectivity index (χ4n) is 8.47. The Labute approximate surface area is 285 Å². The molecule has 1 saturated heterocycles. The molecule has 1 N–H and O–H groups in total. The maximum atomic E-state index is 16.3. The molecule has 47 heavy (non-hydrogen) atoms. The molecule has 1 aliphatic carbocycles. The van der Waals surface area contributed by atoms with Crippen molar-refractivity contribution < 1.29 is 14.0 Å². The number of aromatic nitrogens is 2. The molecule has 2 fully saturated rings. The first-order valence-corrected chi connectivity index (χ1v) is 16.9. The van der Waals surface area contributed by atoms with Crippen LogP contribution >= 0.6 is 23.2 Å². The van der Waals surface area contributed by atoms with Crippen LogP contribution in [0.3, 0.4) is 0 Å². The molecule has 4 atom stereocenters. The molecular weight excluding hydrogens is 636 g/mol. The second-order valence-electron chi connectivity index (χ2n) is 13.7. The highest BCUT2D eigenvalue weighted by atomic mass is 35.5. The minimum absolute atomic E-state index is 0. The van der Waals surface area contributed by atoms with Crippen LogP contribution in [0, 0.1) is 11.7 Å². The molecule has 1 saturated carbocycles. The number of imidazole rings is 1. The second kappa shape index (κ2) is 12.0. The predicted molar refractivity (Wildman–Crippen MR) is 185 cm³/mol. The van der Waals surface area contributed by atoms with Crippen LogP contribution in [0.15, 0.2) is 54.6 Å². The molecule has 10 heteroatoms. The largest absolute Gasteiger partial charge is 0.328 e. The summed E-state index contributed by atoms with van der Waals surface area (Å²) in [4.78, 5) is 37.4. The zero-order valence-corrected chi connectivity index (χ0v) is 27.4. The van der Waals surface area contributed by atoms with Crippen molar-refractivity contribution in [2.75, 3.05) is 32.5 Å². The number of carbonyl (C=O) groups is 2. The summed E-state index contributed by atoms with van der Waals surface area (Å²) < 4.78 is 18.5. The van der Waals surface area contributed by atoms with Gasteiger partial charge in [-0.3, -0.25) is 14.5 Å². The van der Waals surface area contributed by atoms with Crippen LogP contribution in [0.2, 0.25) is 10.0 Å².